The molecule has 0 saturated heterocycles. The zero-order valence-corrected chi connectivity index (χ0v) is 5.89. The fraction of sp³-hybridized carbons (Fsp3) is 0.800. The number of nitrogens with one attached hydrogen (secondary N) is 1. The Balaban J connectivity index is 3.60. The summed E-state index contributed by atoms with van der Waals surface area (Å²) in [6.07, 6.45) is -0.512. The van der Waals surface area contributed by atoms with Gasteiger partial charge in [-0.05, 0) is 13.8 Å². The molecular formula is C5H12N2O2. The quantitative estimate of drug-likeness (QED) is 0.495. The van der Waals surface area contributed by atoms with Crippen molar-refractivity contribution in [3.05, 3.63) is 0 Å². The van der Waals surface area contributed by atoms with Crippen molar-refractivity contribution < 1.29 is 9.53 Å². The van der Waals surface area contributed by atoms with Gasteiger partial charge in [-0.25, -0.2) is 4.79 Å². The maximum atomic E-state index is 10.4. The summed E-state index contributed by atoms with van der Waals surface area (Å²) in [5.74, 6) is 0. The molecule has 0 atom stereocenters. The Morgan fingerprint density at radius 3 is 2.22 bits per heavy atom. The van der Waals surface area contributed by atoms with Crippen LogP contribution in [0.4, 0.5) is 4.79 Å². The van der Waals surface area contributed by atoms with E-state index >= 15 is 0 Å². The van der Waals surface area contributed by atoms with Gasteiger partial charge in [-0.15, -0.1) is 0 Å². The molecule has 1 amide bonds. The van der Waals surface area contributed by atoms with E-state index in [1.54, 1.807) is 13.8 Å². The van der Waals surface area contributed by atoms with Crippen LogP contribution in [-0.2, 0) is 4.74 Å². The molecule has 0 spiro atoms. The molecule has 0 fully saturated rings. The number of carbonyl (C=O) groups excluding carboxylic acids is 1. The van der Waals surface area contributed by atoms with E-state index in [1.807, 2.05) is 0 Å². The highest BCUT2D eigenvalue weighted by atomic mass is 16.6. The average Bonchev–Trinajstić information content (AvgIpc) is 1.62. The molecule has 0 heterocycles. The maximum absolute atomic E-state index is 10.4. The summed E-state index contributed by atoms with van der Waals surface area (Å²) in [6.45, 7) is 3.20. The van der Waals surface area contributed by atoms with Gasteiger partial charge in [0.2, 0.25) is 0 Å². The highest BCUT2D eigenvalue weighted by molar-refractivity contribution is 5.67. The standard InChI is InChI=1S/C5H12N2O2/c1-5(2,6)9-4(8)7-3/h6H2,1-3H3,(H,7,8). The van der Waals surface area contributed by atoms with Gasteiger partial charge < -0.3 is 10.1 Å². The summed E-state index contributed by atoms with van der Waals surface area (Å²) in [5, 5.41) is 2.28. The van der Waals surface area contributed by atoms with E-state index < -0.39 is 11.8 Å². The molecule has 3 N–H and O–H groups in total. The lowest BCUT2D eigenvalue weighted by atomic mass is 10.3. The number of carbonyl (C=O) groups is 1. The van der Waals surface area contributed by atoms with Crippen LogP contribution in [0.2, 0.25) is 0 Å². The molecule has 9 heavy (non-hydrogen) atoms. The molecule has 0 aromatic rings. The molecule has 0 aromatic heterocycles. The van der Waals surface area contributed by atoms with Gasteiger partial charge in [0.25, 0.3) is 0 Å². The van der Waals surface area contributed by atoms with Gasteiger partial charge in [-0.1, -0.05) is 0 Å². The summed E-state index contributed by atoms with van der Waals surface area (Å²) in [4.78, 5) is 10.4. The van der Waals surface area contributed by atoms with Crippen molar-refractivity contribution in [3.8, 4) is 0 Å². The molecular weight excluding hydrogens is 120 g/mol. The molecule has 0 bridgehead atoms. The highest BCUT2D eigenvalue weighted by Crippen LogP contribution is 1.97. The third-order valence-corrected chi connectivity index (χ3v) is 0.560. The van der Waals surface area contributed by atoms with Crippen molar-refractivity contribution in [3.63, 3.8) is 0 Å². The molecule has 0 aliphatic rings. The first kappa shape index (κ1) is 8.23. The number of amides is 1. The van der Waals surface area contributed by atoms with Gasteiger partial charge >= 0.3 is 6.09 Å². The number of alkyl carbamates (subject to hydrolysis) is 1. The van der Waals surface area contributed by atoms with E-state index in [1.165, 1.54) is 7.05 Å². The monoisotopic (exact) mass is 132 g/mol. The Kier molecular flexibility index (Phi) is 2.45. The first-order chi connectivity index (χ1) is 3.95. The third kappa shape index (κ3) is 5.10. The molecule has 4 nitrogen and oxygen atoms in total. The Morgan fingerprint density at radius 2 is 2.11 bits per heavy atom. The minimum absolute atomic E-state index is 0.512. The van der Waals surface area contributed by atoms with Crippen molar-refractivity contribution in [1.29, 1.82) is 0 Å². The van der Waals surface area contributed by atoms with E-state index in [4.69, 9.17) is 5.73 Å². The number of nitrogens with two attached hydrogens (primary N) is 1. The molecule has 0 aromatic carbocycles. The lowest BCUT2D eigenvalue weighted by Gasteiger charge is -2.18. The number of rotatable bonds is 1. The van der Waals surface area contributed by atoms with Crippen LogP contribution < -0.4 is 11.1 Å². The van der Waals surface area contributed by atoms with Gasteiger partial charge in [0.1, 0.15) is 0 Å². The van der Waals surface area contributed by atoms with Crippen molar-refractivity contribution in [2.24, 2.45) is 5.73 Å². The zero-order chi connectivity index (χ0) is 7.49. The summed E-state index contributed by atoms with van der Waals surface area (Å²) in [5.41, 5.74) is 4.44. The molecule has 0 unspecified atom stereocenters. The topological polar surface area (TPSA) is 64.3 Å². The number of hydrogen-bond acceptors (Lipinski definition) is 3. The van der Waals surface area contributed by atoms with Crippen LogP contribution in [0, 0.1) is 0 Å². The molecule has 0 aliphatic heterocycles. The lowest BCUT2D eigenvalue weighted by molar-refractivity contribution is 0.0452. The molecule has 0 rings (SSSR count). The fourth-order valence-corrected chi connectivity index (χ4v) is 0.290. The summed E-state index contributed by atoms with van der Waals surface area (Å²) >= 11 is 0. The highest BCUT2D eigenvalue weighted by Gasteiger charge is 2.14. The summed E-state index contributed by atoms with van der Waals surface area (Å²) < 4.78 is 4.61. The SMILES string of the molecule is CNC(=O)OC(C)(C)N. The first-order valence-corrected chi connectivity index (χ1v) is 2.65. The van der Waals surface area contributed by atoms with Gasteiger partial charge in [-0.2, -0.15) is 0 Å². The second-order valence-electron chi connectivity index (χ2n) is 2.24. The minimum Gasteiger partial charge on any atom is -0.429 e. The van der Waals surface area contributed by atoms with E-state index in [0.717, 1.165) is 0 Å². The third-order valence-electron chi connectivity index (χ3n) is 0.560. The van der Waals surface area contributed by atoms with Crippen LogP contribution in [-0.4, -0.2) is 18.9 Å². The number of hydrogen-bond donors (Lipinski definition) is 2. The predicted octanol–water partition coefficient (Wildman–Crippen LogP) is 0.0372. The summed E-state index contributed by atoms with van der Waals surface area (Å²) in [7, 11) is 1.48. The number of ether oxygens (including phenoxy) is 1. The van der Waals surface area contributed by atoms with Gasteiger partial charge in [0.15, 0.2) is 5.72 Å². The molecule has 0 aliphatic carbocycles. The van der Waals surface area contributed by atoms with E-state index in [9.17, 15) is 4.79 Å². The van der Waals surface area contributed by atoms with Crippen molar-refractivity contribution in [1.82, 2.24) is 5.32 Å². The Morgan fingerprint density at radius 1 is 1.67 bits per heavy atom. The molecule has 0 saturated carbocycles. The lowest BCUT2D eigenvalue weighted by Crippen LogP contribution is -2.40. The molecule has 54 valence electrons. The molecule has 4 heteroatoms. The minimum atomic E-state index is -0.889. The van der Waals surface area contributed by atoms with Crippen molar-refractivity contribution in [2.75, 3.05) is 7.05 Å². The van der Waals surface area contributed by atoms with Crippen LogP contribution in [0.5, 0.6) is 0 Å². The van der Waals surface area contributed by atoms with Crippen LogP contribution in [0.25, 0.3) is 0 Å². The smallest absolute Gasteiger partial charge is 0.408 e. The maximum Gasteiger partial charge on any atom is 0.408 e. The first-order valence-electron chi connectivity index (χ1n) is 2.65. The second-order valence-corrected chi connectivity index (χ2v) is 2.24. The predicted molar refractivity (Wildman–Crippen MR) is 33.8 cm³/mol. The van der Waals surface area contributed by atoms with E-state index in [2.05, 4.69) is 10.1 Å². The normalized spacial score (nSPS) is 10.7. The van der Waals surface area contributed by atoms with Crippen LogP contribution >= 0.6 is 0 Å². The molecule has 0 radical (unpaired) electrons. The fourth-order valence-electron chi connectivity index (χ4n) is 0.290. The Labute approximate surface area is 54.4 Å². The summed E-state index contributed by atoms with van der Waals surface area (Å²) in [6, 6.07) is 0. The Hall–Kier alpha value is -0.770. The van der Waals surface area contributed by atoms with Crippen LogP contribution in [0.3, 0.4) is 0 Å². The van der Waals surface area contributed by atoms with E-state index in [0.29, 0.717) is 0 Å². The zero-order valence-electron chi connectivity index (χ0n) is 5.89. The van der Waals surface area contributed by atoms with Crippen molar-refractivity contribution in [2.45, 2.75) is 19.6 Å². The van der Waals surface area contributed by atoms with Crippen LogP contribution in [0.15, 0.2) is 0 Å². The van der Waals surface area contributed by atoms with Crippen molar-refractivity contribution >= 4 is 6.09 Å². The largest absolute Gasteiger partial charge is 0.429 e. The van der Waals surface area contributed by atoms with Gasteiger partial charge in [0.05, 0.1) is 0 Å². The van der Waals surface area contributed by atoms with Gasteiger partial charge in [-0.3, -0.25) is 5.73 Å². The second kappa shape index (κ2) is 2.68. The average molecular weight is 132 g/mol. The van der Waals surface area contributed by atoms with E-state index in [-0.39, 0.29) is 0 Å². The van der Waals surface area contributed by atoms with Gasteiger partial charge in [0, 0.05) is 7.05 Å². The Bertz CT molecular complexity index is 106. The van der Waals surface area contributed by atoms with Crippen LogP contribution in [0.1, 0.15) is 13.8 Å².